The molecule has 0 unspecified atom stereocenters. The Morgan fingerprint density at radius 2 is 1.79 bits per heavy atom. The molecule has 6 nitrogen and oxygen atoms in total. The molecule has 0 fully saturated rings. The largest absolute Gasteiger partial charge is 0.497 e. The van der Waals surface area contributed by atoms with E-state index in [-0.39, 0.29) is 5.78 Å². The minimum Gasteiger partial charge on any atom is -0.497 e. The lowest BCUT2D eigenvalue weighted by Crippen LogP contribution is -2.17. The monoisotopic (exact) mass is 428 g/mol. The van der Waals surface area contributed by atoms with E-state index < -0.39 is 0 Å². The summed E-state index contributed by atoms with van der Waals surface area (Å²) in [5.74, 6) is 1.59. The number of ether oxygens (including phenoxy) is 1. The van der Waals surface area contributed by atoms with E-state index >= 15 is 0 Å². The van der Waals surface area contributed by atoms with Gasteiger partial charge in [0, 0.05) is 23.9 Å². The van der Waals surface area contributed by atoms with Gasteiger partial charge in [-0.15, -0.1) is 0 Å². The molecular formula is C21H18Cl2N4O2. The number of anilines is 4. The zero-order valence-corrected chi connectivity index (χ0v) is 17.1. The van der Waals surface area contributed by atoms with Gasteiger partial charge in [0.05, 0.1) is 28.4 Å². The van der Waals surface area contributed by atoms with Crippen LogP contribution in [0.1, 0.15) is 28.9 Å². The van der Waals surface area contributed by atoms with Crippen molar-refractivity contribution in [3.63, 3.8) is 0 Å². The molecule has 3 aromatic rings. The topological polar surface area (TPSA) is 76.1 Å². The van der Waals surface area contributed by atoms with E-state index in [2.05, 4.69) is 20.6 Å². The zero-order valence-electron chi connectivity index (χ0n) is 15.6. The average molecular weight is 429 g/mol. The lowest BCUT2D eigenvalue weighted by molar-refractivity contribution is 0.0972. The van der Waals surface area contributed by atoms with Crippen molar-refractivity contribution in [2.24, 2.45) is 0 Å². The molecule has 1 aliphatic rings. The van der Waals surface area contributed by atoms with E-state index in [0.29, 0.717) is 45.9 Å². The van der Waals surface area contributed by atoms with Gasteiger partial charge in [-0.25, -0.2) is 4.98 Å². The van der Waals surface area contributed by atoms with Crippen LogP contribution in [0.25, 0.3) is 0 Å². The third-order valence-electron chi connectivity index (χ3n) is 4.59. The van der Waals surface area contributed by atoms with Gasteiger partial charge in [0.15, 0.2) is 5.78 Å². The Morgan fingerprint density at radius 3 is 2.59 bits per heavy atom. The smallest absolute Gasteiger partial charge is 0.229 e. The highest BCUT2D eigenvalue weighted by Crippen LogP contribution is 2.32. The minimum absolute atomic E-state index is 0.0294. The van der Waals surface area contributed by atoms with Crippen LogP contribution in [0.4, 0.5) is 23.1 Å². The number of carbonyl (C=O) groups is 1. The summed E-state index contributed by atoms with van der Waals surface area (Å²) in [6.07, 6.45) is 1.97. The van der Waals surface area contributed by atoms with Crippen LogP contribution >= 0.6 is 23.2 Å². The highest BCUT2D eigenvalue weighted by Gasteiger charge is 2.25. The molecule has 0 amide bonds. The van der Waals surface area contributed by atoms with Crippen molar-refractivity contribution in [1.82, 2.24) is 9.97 Å². The molecule has 0 saturated carbocycles. The first-order chi connectivity index (χ1) is 14.0. The first-order valence-corrected chi connectivity index (χ1v) is 9.86. The third kappa shape index (κ3) is 4.28. The number of nitrogens with zero attached hydrogens (tertiary/aromatic N) is 2. The van der Waals surface area contributed by atoms with Gasteiger partial charge in [0.25, 0.3) is 0 Å². The molecule has 0 radical (unpaired) electrons. The molecule has 2 aromatic carbocycles. The van der Waals surface area contributed by atoms with Crippen LogP contribution in [0.2, 0.25) is 10.0 Å². The van der Waals surface area contributed by atoms with Crippen molar-refractivity contribution < 1.29 is 9.53 Å². The molecule has 0 bridgehead atoms. The predicted molar refractivity (Wildman–Crippen MR) is 115 cm³/mol. The number of fused-ring (bicyclic) bond motifs is 1. The predicted octanol–water partition coefficient (Wildman–Crippen LogP) is 5.80. The first kappa shape index (κ1) is 19.5. The first-order valence-electron chi connectivity index (χ1n) is 9.11. The molecule has 8 heteroatoms. The highest BCUT2D eigenvalue weighted by atomic mass is 35.5. The number of rotatable bonds is 5. The number of carbonyl (C=O) groups excluding carboxylic acids is 1. The number of hydrogen-bond acceptors (Lipinski definition) is 6. The maximum Gasteiger partial charge on any atom is 0.229 e. The zero-order chi connectivity index (χ0) is 20.4. The maximum atomic E-state index is 12.6. The van der Waals surface area contributed by atoms with Crippen LogP contribution < -0.4 is 15.4 Å². The van der Waals surface area contributed by atoms with Gasteiger partial charge in [-0.3, -0.25) is 4.79 Å². The van der Waals surface area contributed by atoms with Gasteiger partial charge in [0.1, 0.15) is 11.6 Å². The Morgan fingerprint density at radius 1 is 0.966 bits per heavy atom. The quantitative estimate of drug-likeness (QED) is 0.534. The second-order valence-electron chi connectivity index (χ2n) is 6.61. The van der Waals surface area contributed by atoms with Crippen molar-refractivity contribution >= 4 is 52.1 Å². The molecule has 2 N–H and O–H groups in total. The maximum absolute atomic E-state index is 12.6. The van der Waals surface area contributed by atoms with Crippen LogP contribution in [0, 0.1) is 0 Å². The number of halogens is 2. The number of hydrogen-bond donors (Lipinski definition) is 2. The molecule has 148 valence electrons. The van der Waals surface area contributed by atoms with Crippen LogP contribution in [0.15, 0.2) is 42.5 Å². The summed E-state index contributed by atoms with van der Waals surface area (Å²) in [5.41, 5.74) is 2.72. The molecular weight excluding hydrogens is 411 g/mol. The number of Topliss-reactive ketones (excluding diaryl/α,β-unsaturated/α-hetero) is 1. The fourth-order valence-corrected chi connectivity index (χ4v) is 3.51. The lowest BCUT2D eigenvalue weighted by Gasteiger charge is -2.19. The fraction of sp³-hybridized carbons (Fsp3) is 0.190. The molecule has 1 aromatic heterocycles. The molecule has 0 aliphatic heterocycles. The second kappa shape index (κ2) is 8.27. The second-order valence-corrected chi connectivity index (χ2v) is 7.42. The number of ketones is 1. The minimum atomic E-state index is 0.0294. The summed E-state index contributed by atoms with van der Waals surface area (Å²) < 4.78 is 5.26. The Kier molecular flexibility index (Phi) is 5.56. The molecule has 1 aliphatic carbocycles. The van der Waals surface area contributed by atoms with Crippen LogP contribution in [0.5, 0.6) is 5.75 Å². The van der Waals surface area contributed by atoms with E-state index in [1.807, 2.05) is 24.3 Å². The molecule has 4 rings (SSSR count). The Bertz CT molecular complexity index is 1090. The normalized spacial score (nSPS) is 13.0. The summed E-state index contributed by atoms with van der Waals surface area (Å²) in [5, 5.41) is 7.26. The van der Waals surface area contributed by atoms with Crippen LogP contribution in [0.3, 0.4) is 0 Å². The van der Waals surface area contributed by atoms with Gasteiger partial charge in [-0.1, -0.05) is 29.3 Å². The molecule has 0 atom stereocenters. The average Bonchev–Trinajstić information content (AvgIpc) is 2.71. The summed E-state index contributed by atoms with van der Waals surface area (Å²) in [6, 6.07) is 12.6. The lowest BCUT2D eigenvalue weighted by atomic mass is 9.95. The number of aromatic nitrogens is 2. The van der Waals surface area contributed by atoms with E-state index in [4.69, 9.17) is 27.9 Å². The molecule has 0 saturated heterocycles. The SMILES string of the molecule is COc1cccc(Nc2nc3c(c(Nc4ccc(Cl)c(Cl)c4)n2)C(=O)CCC3)c1. The molecule has 0 spiro atoms. The number of methoxy groups -OCH3 is 1. The van der Waals surface area contributed by atoms with Crippen LogP contribution in [-0.4, -0.2) is 22.9 Å². The highest BCUT2D eigenvalue weighted by molar-refractivity contribution is 6.42. The van der Waals surface area contributed by atoms with Crippen molar-refractivity contribution in [3.8, 4) is 5.75 Å². The van der Waals surface area contributed by atoms with Crippen molar-refractivity contribution in [3.05, 3.63) is 63.8 Å². The van der Waals surface area contributed by atoms with Crippen molar-refractivity contribution in [2.75, 3.05) is 17.7 Å². The van der Waals surface area contributed by atoms with E-state index in [1.54, 1.807) is 25.3 Å². The standard InChI is InChI=1S/C21H18Cl2N4O2/c1-29-14-5-2-4-12(10-14)25-21-26-17-6-3-7-18(28)19(17)20(27-21)24-13-8-9-15(22)16(23)11-13/h2,4-5,8-11H,3,6-7H2,1H3,(H2,24,25,26,27). The summed E-state index contributed by atoms with van der Waals surface area (Å²) in [6.45, 7) is 0. The molecule has 29 heavy (non-hydrogen) atoms. The summed E-state index contributed by atoms with van der Waals surface area (Å²) in [4.78, 5) is 21.7. The molecule has 1 heterocycles. The van der Waals surface area contributed by atoms with Crippen LogP contribution in [-0.2, 0) is 6.42 Å². The van der Waals surface area contributed by atoms with Crippen molar-refractivity contribution in [1.29, 1.82) is 0 Å². The van der Waals surface area contributed by atoms with Crippen molar-refractivity contribution in [2.45, 2.75) is 19.3 Å². The van der Waals surface area contributed by atoms with Gasteiger partial charge >= 0.3 is 0 Å². The Hall–Kier alpha value is -2.83. The van der Waals surface area contributed by atoms with E-state index in [0.717, 1.165) is 23.6 Å². The van der Waals surface area contributed by atoms with E-state index in [1.165, 1.54) is 0 Å². The van der Waals surface area contributed by atoms with Gasteiger partial charge in [-0.2, -0.15) is 4.98 Å². The number of nitrogens with one attached hydrogen (secondary N) is 2. The Labute approximate surface area is 178 Å². The third-order valence-corrected chi connectivity index (χ3v) is 5.33. The summed E-state index contributed by atoms with van der Waals surface area (Å²) in [7, 11) is 1.61. The van der Waals surface area contributed by atoms with Gasteiger partial charge < -0.3 is 15.4 Å². The Balaban J connectivity index is 1.72. The number of aryl methyl sites for hydroxylation is 1. The van der Waals surface area contributed by atoms with Gasteiger partial charge in [-0.05, 0) is 43.2 Å². The fourth-order valence-electron chi connectivity index (χ4n) is 3.21. The van der Waals surface area contributed by atoms with Gasteiger partial charge in [0.2, 0.25) is 5.95 Å². The summed E-state index contributed by atoms with van der Waals surface area (Å²) >= 11 is 12.1. The van der Waals surface area contributed by atoms with E-state index in [9.17, 15) is 4.79 Å². The number of benzene rings is 2.